The minimum absolute atomic E-state index is 0.141. The van der Waals surface area contributed by atoms with Gasteiger partial charge in [-0.2, -0.15) is 0 Å². The van der Waals surface area contributed by atoms with Crippen LogP contribution in [0.4, 0.5) is 0 Å². The first-order chi connectivity index (χ1) is 7.61. The van der Waals surface area contributed by atoms with E-state index in [1.807, 2.05) is 6.92 Å². The van der Waals surface area contributed by atoms with Gasteiger partial charge in [-0.05, 0) is 31.2 Å². The fourth-order valence-electron chi connectivity index (χ4n) is 1.05. The average molecular weight is 244 g/mol. The van der Waals surface area contributed by atoms with Gasteiger partial charge in [0.05, 0.1) is 0 Å². The number of ether oxygens (including phenoxy) is 2. The molecule has 0 aliphatic carbocycles. The van der Waals surface area contributed by atoms with E-state index in [0.29, 0.717) is 11.6 Å². The molecular formula is C11H14ClNO3. The highest BCUT2D eigenvalue weighted by atomic mass is 35.5. The van der Waals surface area contributed by atoms with E-state index in [2.05, 4.69) is 5.16 Å². The summed E-state index contributed by atoms with van der Waals surface area (Å²) in [5, 5.41) is 11.9. The summed E-state index contributed by atoms with van der Waals surface area (Å²) in [5.41, 5.74) is 0. The van der Waals surface area contributed by atoms with Gasteiger partial charge in [-0.15, -0.1) is 0 Å². The van der Waals surface area contributed by atoms with E-state index in [9.17, 15) is 0 Å². The SMILES string of the molecule is CC(=NO)OCC(C)Oc1ccc(Cl)cc1. The molecule has 0 aliphatic rings. The summed E-state index contributed by atoms with van der Waals surface area (Å²) in [5.74, 6) is 0.936. The lowest BCUT2D eigenvalue weighted by molar-refractivity contribution is 0.130. The molecule has 0 aromatic heterocycles. The topological polar surface area (TPSA) is 51.1 Å². The summed E-state index contributed by atoms with van der Waals surface area (Å²) in [4.78, 5) is 0. The van der Waals surface area contributed by atoms with Crippen molar-refractivity contribution < 1.29 is 14.7 Å². The Kier molecular flexibility index (Phi) is 4.92. The van der Waals surface area contributed by atoms with Gasteiger partial charge in [-0.3, -0.25) is 0 Å². The van der Waals surface area contributed by atoms with Crippen LogP contribution >= 0.6 is 11.6 Å². The van der Waals surface area contributed by atoms with E-state index >= 15 is 0 Å². The summed E-state index contributed by atoms with van der Waals surface area (Å²) in [6.45, 7) is 3.74. The monoisotopic (exact) mass is 243 g/mol. The molecule has 88 valence electrons. The predicted molar refractivity (Wildman–Crippen MR) is 62.4 cm³/mol. The molecule has 1 N–H and O–H groups in total. The van der Waals surface area contributed by atoms with Crippen LogP contribution in [-0.2, 0) is 4.74 Å². The summed E-state index contributed by atoms with van der Waals surface area (Å²) >= 11 is 5.75. The number of hydrogen-bond acceptors (Lipinski definition) is 4. The zero-order valence-electron chi connectivity index (χ0n) is 9.18. The van der Waals surface area contributed by atoms with Gasteiger partial charge < -0.3 is 14.7 Å². The highest BCUT2D eigenvalue weighted by Gasteiger charge is 2.05. The van der Waals surface area contributed by atoms with Gasteiger partial charge in [0.2, 0.25) is 5.90 Å². The van der Waals surface area contributed by atoms with Gasteiger partial charge in [0, 0.05) is 11.9 Å². The molecular weight excluding hydrogens is 230 g/mol. The third kappa shape index (κ3) is 4.40. The lowest BCUT2D eigenvalue weighted by Crippen LogP contribution is -2.20. The number of hydrogen-bond donors (Lipinski definition) is 1. The molecule has 1 aromatic carbocycles. The smallest absolute Gasteiger partial charge is 0.222 e. The maximum absolute atomic E-state index is 8.38. The Labute approximate surface area is 99.4 Å². The second-order valence-corrected chi connectivity index (χ2v) is 3.75. The molecule has 1 unspecified atom stereocenters. The highest BCUT2D eigenvalue weighted by Crippen LogP contribution is 2.16. The van der Waals surface area contributed by atoms with E-state index < -0.39 is 0 Å². The normalized spacial score (nSPS) is 13.3. The van der Waals surface area contributed by atoms with E-state index in [4.69, 9.17) is 26.3 Å². The Morgan fingerprint density at radius 2 is 2.06 bits per heavy atom. The molecule has 0 bridgehead atoms. The number of rotatable bonds is 4. The van der Waals surface area contributed by atoms with E-state index in [1.165, 1.54) is 0 Å². The molecule has 1 atom stereocenters. The molecule has 0 saturated heterocycles. The van der Waals surface area contributed by atoms with Gasteiger partial charge in [-0.25, -0.2) is 0 Å². The predicted octanol–water partition coefficient (Wildman–Crippen LogP) is 2.93. The molecule has 1 aromatic rings. The van der Waals surface area contributed by atoms with Gasteiger partial charge in [0.15, 0.2) is 0 Å². The van der Waals surface area contributed by atoms with Crippen molar-refractivity contribution in [1.29, 1.82) is 0 Å². The van der Waals surface area contributed by atoms with E-state index in [-0.39, 0.29) is 12.0 Å². The lowest BCUT2D eigenvalue weighted by Gasteiger charge is -2.14. The van der Waals surface area contributed by atoms with Crippen LogP contribution in [0.1, 0.15) is 13.8 Å². The fraction of sp³-hybridized carbons (Fsp3) is 0.364. The molecule has 16 heavy (non-hydrogen) atoms. The van der Waals surface area contributed by atoms with Crippen LogP contribution in [0.15, 0.2) is 29.4 Å². The zero-order chi connectivity index (χ0) is 12.0. The van der Waals surface area contributed by atoms with Gasteiger partial charge in [-0.1, -0.05) is 16.8 Å². The first-order valence-corrected chi connectivity index (χ1v) is 5.23. The zero-order valence-corrected chi connectivity index (χ0v) is 9.94. The Bertz CT molecular complexity index is 351. The number of benzene rings is 1. The van der Waals surface area contributed by atoms with Crippen LogP contribution in [0.3, 0.4) is 0 Å². The van der Waals surface area contributed by atoms with Crippen molar-refractivity contribution in [3.8, 4) is 5.75 Å². The van der Waals surface area contributed by atoms with Crippen molar-refractivity contribution >= 4 is 17.5 Å². The Balaban J connectivity index is 2.39. The van der Waals surface area contributed by atoms with E-state index in [1.54, 1.807) is 31.2 Å². The molecule has 0 heterocycles. The van der Waals surface area contributed by atoms with Crippen LogP contribution < -0.4 is 4.74 Å². The number of oxime groups is 1. The first kappa shape index (κ1) is 12.6. The number of halogens is 1. The summed E-state index contributed by atoms with van der Waals surface area (Å²) in [6.07, 6.45) is -0.141. The molecule has 5 heteroatoms. The minimum Gasteiger partial charge on any atom is -0.487 e. The van der Waals surface area contributed by atoms with Crippen molar-refractivity contribution in [3.05, 3.63) is 29.3 Å². The fourth-order valence-corrected chi connectivity index (χ4v) is 1.17. The second kappa shape index (κ2) is 6.23. The third-order valence-electron chi connectivity index (χ3n) is 1.82. The van der Waals surface area contributed by atoms with Gasteiger partial charge in [0.25, 0.3) is 0 Å². The molecule has 0 aliphatic heterocycles. The molecule has 0 amide bonds. The minimum atomic E-state index is -0.141. The molecule has 0 fully saturated rings. The summed E-state index contributed by atoms with van der Waals surface area (Å²) in [6, 6.07) is 7.08. The Morgan fingerprint density at radius 1 is 1.44 bits per heavy atom. The molecule has 0 spiro atoms. The maximum atomic E-state index is 8.38. The van der Waals surface area contributed by atoms with Crippen LogP contribution in [0.2, 0.25) is 5.02 Å². The largest absolute Gasteiger partial charge is 0.487 e. The van der Waals surface area contributed by atoms with Crippen molar-refractivity contribution in [2.75, 3.05) is 6.61 Å². The molecule has 4 nitrogen and oxygen atoms in total. The molecule has 0 radical (unpaired) electrons. The van der Waals surface area contributed by atoms with E-state index in [0.717, 1.165) is 5.75 Å². The first-order valence-electron chi connectivity index (χ1n) is 4.85. The standard InChI is InChI=1S/C11H14ClNO3/c1-8(7-15-9(2)13-14)16-11-5-3-10(12)4-6-11/h3-6,8,14H,7H2,1-2H3. The van der Waals surface area contributed by atoms with Crippen LogP contribution in [-0.4, -0.2) is 23.8 Å². The quantitative estimate of drug-likeness (QED) is 0.383. The summed E-state index contributed by atoms with van der Waals surface area (Å²) < 4.78 is 10.6. The number of nitrogens with zero attached hydrogens (tertiary/aromatic N) is 1. The van der Waals surface area contributed by atoms with Crippen LogP contribution in [0, 0.1) is 0 Å². The van der Waals surface area contributed by atoms with Crippen molar-refractivity contribution in [2.24, 2.45) is 5.16 Å². The van der Waals surface area contributed by atoms with Crippen molar-refractivity contribution in [2.45, 2.75) is 20.0 Å². The van der Waals surface area contributed by atoms with Gasteiger partial charge in [0.1, 0.15) is 18.5 Å². The molecule has 0 saturated carbocycles. The second-order valence-electron chi connectivity index (χ2n) is 3.31. The summed E-state index contributed by atoms with van der Waals surface area (Å²) in [7, 11) is 0. The average Bonchev–Trinajstić information content (AvgIpc) is 2.29. The van der Waals surface area contributed by atoms with Crippen LogP contribution in [0.5, 0.6) is 5.75 Å². The Hall–Kier alpha value is -1.42. The lowest BCUT2D eigenvalue weighted by atomic mass is 10.3. The maximum Gasteiger partial charge on any atom is 0.222 e. The Morgan fingerprint density at radius 3 is 2.62 bits per heavy atom. The van der Waals surface area contributed by atoms with Crippen LogP contribution in [0.25, 0.3) is 0 Å². The van der Waals surface area contributed by atoms with Crippen molar-refractivity contribution in [1.82, 2.24) is 0 Å². The third-order valence-corrected chi connectivity index (χ3v) is 2.07. The van der Waals surface area contributed by atoms with Gasteiger partial charge >= 0.3 is 0 Å². The van der Waals surface area contributed by atoms with Crippen molar-refractivity contribution in [3.63, 3.8) is 0 Å². The highest BCUT2D eigenvalue weighted by molar-refractivity contribution is 6.30. The molecule has 1 rings (SSSR count).